The molecule has 8 nitrogen and oxygen atoms in total. The molecule has 0 bridgehead atoms. The molecule has 128 valence electrons. The molecule has 0 unspecified atom stereocenters. The molecule has 8 heteroatoms. The second-order valence-corrected chi connectivity index (χ2v) is 4.60. The zero-order valence-electron chi connectivity index (χ0n) is 13.5. The van der Waals surface area contributed by atoms with Crippen molar-refractivity contribution >= 4 is 11.9 Å². The van der Waals surface area contributed by atoms with E-state index in [-0.39, 0.29) is 13.0 Å². The van der Waals surface area contributed by atoms with Crippen LogP contribution < -0.4 is 10.1 Å². The maximum Gasteiger partial charge on any atom is 0.328 e. The Hall–Kier alpha value is -2.19. The summed E-state index contributed by atoms with van der Waals surface area (Å²) < 4.78 is 19.6. The number of nitrogens with zero attached hydrogens (tertiary/aromatic N) is 1. The van der Waals surface area contributed by atoms with Crippen LogP contribution in [-0.2, 0) is 30.2 Å². The maximum atomic E-state index is 11.8. The lowest BCUT2D eigenvalue weighted by molar-refractivity contribution is -0.145. The average Bonchev–Trinajstić information content (AvgIpc) is 2.58. The van der Waals surface area contributed by atoms with Crippen LogP contribution in [0.1, 0.15) is 5.56 Å². The van der Waals surface area contributed by atoms with Crippen molar-refractivity contribution in [1.29, 1.82) is 0 Å². The van der Waals surface area contributed by atoms with Gasteiger partial charge in [0.05, 0.1) is 27.4 Å². The molecule has 0 saturated heterocycles. The zero-order valence-corrected chi connectivity index (χ0v) is 13.5. The molecule has 23 heavy (non-hydrogen) atoms. The number of rotatable bonds is 10. The first-order valence-electron chi connectivity index (χ1n) is 7.03. The van der Waals surface area contributed by atoms with Crippen LogP contribution in [-0.4, -0.2) is 64.1 Å². The van der Waals surface area contributed by atoms with Crippen LogP contribution in [0.25, 0.3) is 0 Å². The van der Waals surface area contributed by atoms with Crippen molar-refractivity contribution in [2.75, 3.05) is 41.2 Å². The first kappa shape index (κ1) is 18.9. The Morgan fingerprint density at radius 1 is 1.22 bits per heavy atom. The summed E-state index contributed by atoms with van der Waals surface area (Å²) in [7, 11) is 4.32. The SMILES string of the molecule is COCCOCC(=O)N[C@H](Cc1ccc(OC)nc1)C(=O)OC. The molecule has 0 aliphatic rings. The summed E-state index contributed by atoms with van der Waals surface area (Å²) in [5, 5.41) is 2.58. The van der Waals surface area contributed by atoms with Crippen LogP contribution in [0.3, 0.4) is 0 Å². The fourth-order valence-corrected chi connectivity index (χ4v) is 1.77. The van der Waals surface area contributed by atoms with Crippen LogP contribution in [0, 0.1) is 0 Å². The highest BCUT2D eigenvalue weighted by Gasteiger charge is 2.22. The van der Waals surface area contributed by atoms with Crippen molar-refractivity contribution in [3.8, 4) is 5.88 Å². The third-order valence-corrected chi connectivity index (χ3v) is 2.93. The first-order valence-corrected chi connectivity index (χ1v) is 7.03. The minimum absolute atomic E-state index is 0.155. The molecule has 1 atom stereocenters. The van der Waals surface area contributed by atoms with Crippen LogP contribution >= 0.6 is 0 Å². The maximum absolute atomic E-state index is 11.8. The molecule has 0 aliphatic carbocycles. The minimum Gasteiger partial charge on any atom is -0.481 e. The van der Waals surface area contributed by atoms with Gasteiger partial charge in [0.2, 0.25) is 11.8 Å². The molecular formula is C15H22N2O6. The second-order valence-electron chi connectivity index (χ2n) is 4.60. The fraction of sp³-hybridized carbons (Fsp3) is 0.533. The Kier molecular flexibility index (Phi) is 8.63. The van der Waals surface area contributed by atoms with Gasteiger partial charge in [0.25, 0.3) is 0 Å². The Bertz CT molecular complexity index is 491. The molecule has 0 saturated carbocycles. The molecule has 0 radical (unpaired) electrons. The Balaban J connectivity index is 2.57. The highest BCUT2D eigenvalue weighted by atomic mass is 16.5. The summed E-state index contributed by atoms with van der Waals surface area (Å²) in [5.41, 5.74) is 0.766. The molecule has 1 aromatic heterocycles. The lowest BCUT2D eigenvalue weighted by atomic mass is 10.1. The minimum atomic E-state index is -0.811. The van der Waals surface area contributed by atoms with Gasteiger partial charge in [-0.15, -0.1) is 0 Å². The van der Waals surface area contributed by atoms with Crippen molar-refractivity contribution in [3.63, 3.8) is 0 Å². The average molecular weight is 326 g/mol. The van der Waals surface area contributed by atoms with Crippen LogP contribution in [0.4, 0.5) is 0 Å². The van der Waals surface area contributed by atoms with Gasteiger partial charge in [-0.25, -0.2) is 9.78 Å². The molecule has 0 aromatic carbocycles. The van der Waals surface area contributed by atoms with Gasteiger partial charge in [-0.2, -0.15) is 0 Å². The van der Waals surface area contributed by atoms with E-state index in [0.717, 1.165) is 5.56 Å². The summed E-state index contributed by atoms with van der Waals surface area (Å²) in [6.45, 7) is 0.540. The smallest absolute Gasteiger partial charge is 0.328 e. The summed E-state index contributed by atoms with van der Waals surface area (Å²) in [6, 6.07) is 2.64. The normalized spacial score (nSPS) is 11.6. The largest absolute Gasteiger partial charge is 0.481 e. The van der Waals surface area contributed by atoms with Crippen LogP contribution in [0.2, 0.25) is 0 Å². The quantitative estimate of drug-likeness (QED) is 0.476. The van der Waals surface area contributed by atoms with Gasteiger partial charge in [0.15, 0.2) is 0 Å². The van der Waals surface area contributed by atoms with E-state index in [9.17, 15) is 9.59 Å². The lowest BCUT2D eigenvalue weighted by Crippen LogP contribution is -2.44. The van der Waals surface area contributed by atoms with E-state index >= 15 is 0 Å². The summed E-state index contributed by atoms with van der Waals surface area (Å²) in [4.78, 5) is 27.7. The molecule has 0 aliphatic heterocycles. The molecule has 1 rings (SSSR count). The molecule has 0 fully saturated rings. The number of carbonyl (C=O) groups is 2. The Morgan fingerprint density at radius 3 is 2.57 bits per heavy atom. The third kappa shape index (κ3) is 7.07. The van der Waals surface area contributed by atoms with E-state index in [1.165, 1.54) is 14.2 Å². The van der Waals surface area contributed by atoms with Gasteiger partial charge in [-0.05, 0) is 5.56 Å². The van der Waals surface area contributed by atoms with Crippen molar-refractivity contribution in [3.05, 3.63) is 23.9 Å². The first-order chi connectivity index (χ1) is 11.1. The molecule has 1 amide bonds. The molecule has 1 aromatic rings. The van der Waals surface area contributed by atoms with Crippen molar-refractivity contribution < 1.29 is 28.5 Å². The lowest BCUT2D eigenvalue weighted by Gasteiger charge is -2.16. The highest BCUT2D eigenvalue weighted by Crippen LogP contribution is 2.09. The number of pyridine rings is 1. The number of esters is 1. The van der Waals surface area contributed by atoms with Gasteiger partial charge < -0.3 is 24.3 Å². The summed E-state index contributed by atoms with van der Waals surface area (Å²) in [5.74, 6) is -0.469. The predicted molar refractivity (Wildman–Crippen MR) is 81.1 cm³/mol. The van der Waals surface area contributed by atoms with E-state index < -0.39 is 17.9 Å². The topological polar surface area (TPSA) is 96.0 Å². The van der Waals surface area contributed by atoms with E-state index in [4.69, 9.17) is 18.9 Å². The monoisotopic (exact) mass is 326 g/mol. The number of ether oxygens (including phenoxy) is 4. The van der Waals surface area contributed by atoms with Crippen molar-refractivity contribution in [2.45, 2.75) is 12.5 Å². The van der Waals surface area contributed by atoms with E-state index in [0.29, 0.717) is 19.1 Å². The van der Waals surface area contributed by atoms with Crippen LogP contribution in [0.5, 0.6) is 5.88 Å². The summed E-state index contributed by atoms with van der Waals surface area (Å²) >= 11 is 0. The number of amides is 1. The van der Waals surface area contributed by atoms with Gasteiger partial charge >= 0.3 is 5.97 Å². The van der Waals surface area contributed by atoms with Gasteiger partial charge in [0, 0.05) is 25.8 Å². The summed E-state index contributed by atoms with van der Waals surface area (Å²) in [6.07, 6.45) is 1.84. The highest BCUT2D eigenvalue weighted by molar-refractivity contribution is 5.85. The number of nitrogens with one attached hydrogen (secondary N) is 1. The number of aromatic nitrogens is 1. The number of hydrogen-bond donors (Lipinski definition) is 1. The molecular weight excluding hydrogens is 304 g/mol. The van der Waals surface area contributed by atoms with Crippen LogP contribution in [0.15, 0.2) is 18.3 Å². The second kappa shape index (κ2) is 10.5. The van der Waals surface area contributed by atoms with Crippen molar-refractivity contribution in [2.24, 2.45) is 0 Å². The van der Waals surface area contributed by atoms with Crippen molar-refractivity contribution in [1.82, 2.24) is 10.3 Å². The van der Waals surface area contributed by atoms with Gasteiger partial charge in [-0.1, -0.05) is 6.07 Å². The Morgan fingerprint density at radius 2 is 2.00 bits per heavy atom. The third-order valence-electron chi connectivity index (χ3n) is 2.93. The van der Waals surface area contributed by atoms with Gasteiger partial charge in [0.1, 0.15) is 12.6 Å². The zero-order chi connectivity index (χ0) is 17.1. The number of hydrogen-bond acceptors (Lipinski definition) is 7. The predicted octanol–water partition coefficient (Wildman–Crippen LogP) is -0.0465. The Labute approximate surface area is 135 Å². The molecule has 1 N–H and O–H groups in total. The van der Waals surface area contributed by atoms with E-state index in [1.54, 1.807) is 25.4 Å². The standard InChI is InChI=1S/C15H22N2O6/c1-20-6-7-23-10-13(18)17-12(15(19)22-3)8-11-4-5-14(21-2)16-9-11/h4-5,9,12H,6-8,10H2,1-3H3,(H,17,18)/t12-/m1/s1. The molecule has 1 heterocycles. The van der Waals surface area contributed by atoms with Gasteiger partial charge in [-0.3, -0.25) is 4.79 Å². The molecule has 0 spiro atoms. The number of carbonyl (C=O) groups excluding carboxylic acids is 2. The number of methoxy groups -OCH3 is 3. The van der Waals surface area contributed by atoms with E-state index in [2.05, 4.69) is 10.3 Å². The fourth-order valence-electron chi connectivity index (χ4n) is 1.77. The van der Waals surface area contributed by atoms with E-state index in [1.807, 2.05) is 0 Å².